The van der Waals surface area contributed by atoms with Crippen molar-refractivity contribution in [3.05, 3.63) is 90.3 Å². The topological polar surface area (TPSA) is 56.1 Å². The molecule has 0 spiro atoms. The number of fused-ring (bicyclic) bond motifs is 1. The predicted octanol–water partition coefficient (Wildman–Crippen LogP) is 4.89. The first kappa shape index (κ1) is 21.0. The molecule has 0 aliphatic rings. The molecule has 0 bridgehead atoms. The van der Waals surface area contributed by atoms with Gasteiger partial charge in [0, 0.05) is 30.2 Å². The molecule has 0 aliphatic heterocycles. The SMILES string of the molecule is COc1ccc(SCCC(=O)NCc2ccc(Cn3cnc4ccccc43)cc2)cc1. The summed E-state index contributed by atoms with van der Waals surface area (Å²) in [4.78, 5) is 17.7. The number of hydrogen-bond acceptors (Lipinski definition) is 4. The molecular formula is C25H25N3O2S. The first-order chi connectivity index (χ1) is 15.2. The van der Waals surface area contributed by atoms with Crippen molar-refractivity contribution in [1.82, 2.24) is 14.9 Å². The van der Waals surface area contributed by atoms with E-state index in [0.29, 0.717) is 13.0 Å². The molecule has 1 amide bonds. The second-order valence-electron chi connectivity index (χ2n) is 7.23. The van der Waals surface area contributed by atoms with Crippen molar-refractivity contribution in [2.24, 2.45) is 0 Å². The van der Waals surface area contributed by atoms with Crippen molar-refractivity contribution in [1.29, 1.82) is 0 Å². The fourth-order valence-corrected chi connectivity index (χ4v) is 4.17. The Morgan fingerprint density at radius 3 is 2.52 bits per heavy atom. The average molecular weight is 432 g/mol. The number of carbonyl (C=O) groups is 1. The Hall–Kier alpha value is -3.25. The van der Waals surface area contributed by atoms with E-state index in [9.17, 15) is 4.79 Å². The normalized spacial score (nSPS) is 10.9. The zero-order valence-electron chi connectivity index (χ0n) is 17.5. The lowest BCUT2D eigenvalue weighted by atomic mass is 10.1. The van der Waals surface area contributed by atoms with Crippen molar-refractivity contribution in [2.45, 2.75) is 24.4 Å². The first-order valence-corrected chi connectivity index (χ1v) is 11.2. The lowest BCUT2D eigenvalue weighted by molar-refractivity contribution is -0.120. The maximum Gasteiger partial charge on any atom is 0.221 e. The van der Waals surface area contributed by atoms with E-state index in [2.05, 4.69) is 45.2 Å². The van der Waals surface area contributed by atoms with E-state index in [4.69, 9.17) is 4.74 Å². The van der Waals surface area contributed by atoms with Gasteiger partial charge in [0.15, 0.2) is 0 Å². The Morgan fingerprint density at radius 1 is 1.00 bits per heavy atom. The molecule has 0 saturated heterocycles. The van der Waals surface area contributed by atoms with Crippen LogP contribution in [0.1, 0.15) is 17.5 Å². The highest BCUT2D eigenvalue weighted by atomic mass is 32.2. The molecule has 31 heavy (non-hydrogen) atoms. The minimum Gasteiger partial charge on any atom is -0.497 e. The number of thioether (sulfide) groups is 1. The number of ether oxygens (including phenoxy) is 1. The quantitative estimate of drug-likeness (QED) is 0.383. The maximum absolute atomic E-state index is 12.2. The summed E-state index contributed by atoms with van der Waals surface area (Å²) in [6.45, 7) is 1.32. The van der Waals surface area contributed by atoms with Gasteiger partial charge in [-0.3, -0.25) is 4.79 Å². The molecule has 4 rings (SSSR count). The molecule has 0 fully saturated rings. The number of nitrogens with zero attached hydrogens (tertiary/aromatic N) is 2. The molecule has 0 radical (unpaired) electrons. The molecule has 6 heteroatoms. The van der Waals surface area contributed by atoms with Gasteiger partial charge in [-0.15, -0.1) is 11.8 Å². The molecule has 1 aromatic heterocycles. The number of para-hydroxylation sites is 2. The van der Waals surface area contributed by atoms with Gasteiger partial charge >= 0.3 is 0 Å². The number of amides is 1. The van der Waals surface area contributed by atoms with Gasteiger partial charge in [-0.25, -0.2) is 4.98 Å². The Bertz CT molecular complexity index is 1140. The van der Waals surface area contributed by atoms with Gasteiger partial charge in [0.1, 0.15) is 5.75 Å². The number of nitrogens with one attached hydrogen (secondary N) is 1. The molecule has 1 N–H and O–H groups in total. The molecule has 4 aromatic rings. The van der Waals surface area contributed by atoms with Crippen LogP contribution in [0, 0.1) is 0 Å². The predicted molar refractivity (Wildman–Crippen MR) is 125 cm³/mol. The highest BCUT2D eigenvalue weighted by Crippen LogP contribution is 2.21. The van der Waals surface area contributed by atoms with Crippen molar-refractivity contribution in [2.75, 3.05) is 12.9 Å². The third-order valence-corrected chi connectivity index (χ3v) is 6.06. The van der Waals surface area contributed by atoms with Crippen LogP contribution in [-0.4, -0.2) is 28.3 Å². The van der Waals surface area contributed by atoms with Crippen molar-refractivity contribution in [3.63, 3.8) is 0 Å². The zero-order valence-corrected chi connectivity index (χ0v) is 18.3. The molecule has 0 saturated carbocycles. The minimum absolute atomic E-state index is 0.0648. The van der Waals surface area contributed by atoms with E-state index in [-0.39, 0.29) is 5.91 Å². The highest BCUT2D eigenvalue weighted by Gasteiger charge is 2.05. The third kappa shape index (κ3) is 5.67. The fraction of sp³-hybridized carbons (Fsp3) is 0.200. The van der Waals surface area contributed by atoms with Gasteiger partial charge in [0.25, 0.3) is 0 Å². The van der Waals surface area contributed by atoms with Crippen LogP contribution in [0.15, 0.2) is 84.0 Å². The number of aromatic nitrogens is 2. The highest BCUT2D eigenvalue weighted by molar-refractivity contribution is 7.99. The molecule has 5 nitrogen and oxygen atoms in total. The lowest BCUT2D eigenvalue weighted by Gasteiger charge is -2.08. The van der Waals surface area contributed by atoms with Crippen LogP contribution >= 0.6 is 11.8 Å². The van der Waals surface area contributed by atoms with Gasteiger partial charge in [-0.1, -0.05) is 36.4 Å². The Labute approximate surface area is 186 Å². The standard InChI is InChI=1S/C25H25N3O2S/c1-30-21-10-12-22(13-11-21)31-15-14-25(29)26-16-19-6-8-20(9-7-19)17-28-18-27-23-4-2-3-5-24(23)28/h2-13,18H,14-17H2,1H3,(H,26,29). The molecule has 0 aliphatic carbocycles. The molecule has 158 valence electrons. The van der Waals surface area contributed by atoms with Crippen molar-refractivity contribution in [3.8, 4) is 5.75 Å². The number of rotatable bonds is 9. The van der Waals surface area contributed by atoms with Crippen LogP contribution in [0.5, 0.6) is 5.75 Å². The molecule has 3 aromatic carbocycles. The molecular weight excluding hydrogens is 406 g/mol. The van der Waals surface area contributed by atoms with Crippen molar-refractivity contribution >= 4 is 28.7 Å². The summed E-state index contributed by atoms with van der Waals surface area (Å²) >= 11 is 1.67. The number of benzene rings is 3. The van der Waals surface area contributed by atoms with Crippen LogP contribution in [0.3, 0.4) is 0 Å². The van der Waals surface area contributed by atoms with Crippen LogP contribution in [0.25, 0.3) is 11.0 Å². The smallest absolute Gasteiger partial charge is 0.221 e. The summed E-state index contributed by atoms with van der Waals surface area (Å²) in [5.74, 6) is 1.65. The Balaban J connectivity index is 1.22. The van der Waals surface area contributed by atoms with E-state index in [1.54, 1.807) is 18.9 Å². The van der Waals surface area contributed by atoms with Crippen LogP contribution in [0.2, 0.25) is 0 Å². The van der Waals surface area contributed by atoms with E-state index >= 15 is 0 Å². The van der Waals surface area contributed by atoms with Gasteiger partial charge in [-0.05, 0) is 47.5 Å². The number of hydrogen-bond donors (Lipinski definition) is 1. The number of methoxy groups -OCH3 is 1. The van der Waals surface area contributed by atoms with E-state index in [1.807, 2.05) is 48.8 Å². The second kappa shape index (κ2) is 10.2. The summed E-state index contributed by atoms with van der Waals surface area (Å²) < 4.78 is 7.30. The monoisotopic (exact) mass is 431 g/mol. The summed E-state index contributed by atoms with van der Waals surface area (Å²) in [5, 5.41) is 3.01. The van der Waals surface area contributed by atoms with Gasteiger partial charge < -0.3 is 14.6 Å². The molecule has 0 unspecified atom stereocenters. The minimum atomic E-state index is 0.0648. The fourth-order valence-electron chi connectivity index (χ4n) is 3.32. The zero-order chi connectivity index (χ0) is 21.5. The third-order valence-electron chi connectivity index (χ3n) is 5.05. The van der Waals surface area contributed by atoms with E-state index < -0.39 is 0 Å². The number of carbonyl (C=O) groups excluding carboxylic acids is 1. The van der Waals surface area contributed by atoms with Gasteiger partial charge in [0.05, 0.1) is 24.5 Å². The summed E-state index contributed by atoms with van der Waals surface area (Å²) in [7, 11) is 1.65. The Kier molecular flexibility index (Phi) is 6.89. The maximum atomic E-state index is 12.2. The second-order valence-corrected chi connectivity index (χ2v) is 8.40. The Morgan fingerprint density at radius 2 is 1.74 bits per heavy atom. The summed E-state index contributed by atoms with van der Waals surface area (Å²) in [6.07, 6.45) is 2.37. The lowest BCUT2D eigenvalue weighted by Crippen LogP contribution is -2.23. The molecule has 0 atom stereocenters. The van der Waals surface area contributed by atoms with Gasteiger partial charge in [0.2, 0.25) is 5.91 Å². The molecule has 1 heterocycles. The average Bonchev–Trinajstić information content (AvgIpc) is 3.22. The van der Waals surface area contributed by atoms with Crippen LogP contribution < -0.4 is 10.1 Å². The van der Waals surface area contributed by atoms with Crippen LogP contribution in [0.4, 0.5) is 0 Å². The summed E-state index contributed by atoms with van der Waals surface area (Å²) in [6, 6.07) is 24.4. The van der Waals surface area contributed by atoms with Gasteiger partial charge in [-0.2, -0.15) is 0 Å². The first-order valence-electron chi connectivity index (χ1n) is 10.2. The van der Waals surface area contributed by atoms with E-state index in [0.717, 1.165) is 39.5 Å². The van der Waals surface area contributed by atoms with Crippen LogP contribution in [-0.2, 0) is 17.9 Å². The van der Waals surface area contributed by atoms with Crippen molar-refractivity contribution < 1.29 is 9.53 Å². The van der Waals surface area contributed by atoms with E-state index in [1.165, 1.54) is 5.56 Å². The summed E-state index contributed by atoms with van der Waals surface area (Å²) in [5.41, 5.74) is 4.43. The largest absolute Gasteiger partial charge is 0.497 e. The number of imidazole rings is 1.